The lowest BCUT2D eigenvalue weighted by Gasteiger charge is -2.33. The van der Waals surface area contributed by atoms with Crippen LogP contribution < -0.4 is 10.5 Å². The van der Waals surface area contributed by atoms with E-state index in [9.17, 15) is 8.42 Å². The van der Waals surface area contributed by atoms with Crippen LogP contribution in [0.5, 0.6) is 0 Å². The first-order valence-corrected chi connectivity index (χ1v) is 10.0. The Morgan fingerprint density at radius 1 is 1.19 bits per heavy atom. The summed E-state index contributed by atoms with van der Waals surface area (Å²) in [6.07, 6.45) is 5.06. The minimum atomic E-state index is -3.57. The first-order valence-electron chi connectivity index (χ1n) is 6.98. The van der Waals surface area contributed by atoms with Crippen molar-refractivity contribution in [3.63, 3.8) is 0 Å². The zero-order valence-electron chi connectivity index (χ0n) is 12.0. The molecular weight excluding hydrogens is 420 g/mol. The highest BCUT2D eigenvalue weighted by molar-refractivity contribution is 9.11. The molecule has 7 heteroatoms. The van der Waals surface area contributed by atoms with E-state index in [2.05, 4.69) is 36.6 Å². The largest absolute Gasteiger partial charge is 0.324 e. The fourth-order valence-electron chi connectivity index (χ4n) is 2.58. The Hall–Kier alpha value is 0.0500. The molecule has 1 saturated carbocycles. The summed E-state index contributed by atoms with van der Waals surface area (Å²) in [6, 6.07) is 3.41. The van der Waals surface area contributed by atoms with Gasteiger partial charge >= 0.3 is 0 Å². The van der Waals surface area contributed by atoms with E-state index in [-0.39, 0.29) is 11.4 Å². The predicted octanol–water partition coefficient (Wildman–Crippen LogP) is 3.46. The molecule has 118 valence electrons. The molecule has 0 aliphatic heterocycles. The van der Waals surface area contributed by atoms with Gasteiger partial charge in [0.05, 0.1) is 4.90 Å². The van der Waals surface area contributed by atoms with Crippen molar-refractivity contribution in [3.05, 3.63) is 26.6 Å². The number of aryl methyl sites for hydroxylation is 1. The van der Waals surface area contributed by atoms with Gasteiger partial charge in [0, 0.05) is 21.0 Å². The lowest BCUT2D eigenvalue weighted by molar-refractivity contribution is 0.296. The first kappa shape index (κ1) is 17.4. The summed E-state index contributed by atoms with van der Waals surface area (Å²) in [7, 11) is -3.57. The molecule has 0 aromatic heterocycles. The van der Waals surface area contributed by atoms with Crippen molar-refractivity contribution in [2.75, 3.05) is 6.54 Å². The van der Waals surface area contributed by atoms with Gasteiger partial charge in [-0.05, 0) is 53.4 Å². The topological polar surface area (TPSA) is 72.2 Å². The molecule has 1 fully saturated rings. The van der Waals surface area contributed by atoms with Crippen LogP contribution in [-0.2, 0) is 10.0 Å². The maximum atomic E-state index is 12.5. The van der Waals surface area contributed by atoms with Crippen molar-refractivity contribution < 1.29 is 8.42 Å². The molecule has 0 spiro atoms. The van der Waals surface area contributed by atoms with Crippen LogP contribution in [0.15, 0.2) is 26.0 Å². The molecule has 4 nitrogen and oxygen atoms in total. The highest BCUT2D eigenvalue weighted by Gasteiger charge is 2.30. The van der Waals surface area contributed by atoms with Crippen LogP contribution >= 0.6 is 31.9 Å². The van der Waals surface area contributed by atoms with E-state index in [0.29, 0.717) is 4.47 Å². The Morgan fingerprint density at radius 3 is 2.43 bits per heavy atom. The summed E-state index contributed by atoms with van der Waals surface area (Å²) in [5.41, 5.74) is 6.85. The second-order valence-electron chi connectivity index (χ2n) is 5.78. The third-order valence-corrected chi connectivity index (χ3v) is 7.18. The molecule has 3 N–H and O–H groups in total. The molecule has 0 saturated heterocycles. The number of hydrogen-bond donors (Lipinski definition) is 2. The lowest BCUT2D eigenvalue weighted by Crippen LogP contribution is -2.51. The fraction of sp³-hybridized carbons (Fsp3) is 0.571. The third kappa shape index (κ3) is 4.28. The number of halogens is 2. The molecule has 0 heterocycles. The second kappa shape index (κ2) is 6.66. The van der Waals surface area contributed by atoms with Crippen LogP contribution in [-0.4, -0.2) is 20.5 Å². The summed E-state index contributed by atoms with van der Waals surface area (Å²) in [4.78, 5) is 0.236. The quantitative estimate of drug-likeness (QED) is 0.754. The van der Waals surface area contributed by atoms with E-state index in [1.165, 1.54) is 6.42 Å². The molecule has 0 atom stereocenters. The van der Waals surface area contributed by atoms with Crippen molar-refractivity contribution in [1.29, 1.82) is 0 Å². The van der Waals surface area contributed by atoms with Gasteiger partial charge in [-0.15, -0.1) is 0 Å². The normalized spacial score (nSPS) is 18.7. The molecule has 2 rings (SSSR count). The van der Waals surface area contributed by atoms with Crippen LogP contribution in [0.3, 0.4) is 0 Å². The maximum Gasteiger partial charge on any atom is 0.241 e. The van der Waals surface area contributed by atoms with E-state index < -0.39 is 15.6 Å². The lowest BCUT2D eigenvalue weighted by atomic mass is 9.83. The van der Waals surface area contributed by atoms with Gasteiger partial charge in [0.25, 0.3) is 0 Å². The van der Waals surface area contributed by atoms with Gasteiger partial charge in [-0.1, -0.05) is 35.2 Å². The standard InChI is InChI=1S/C14H20Br2N2O2S/c1-10-7-12(16)13(8-11(10)15)21(19,20)18-9-14(17)5-3-2-4-6-14/h7-8,18H,2-6,9,17H2,1H3. The highest BCUT2D eigenvalue weighted by atomic mass is 79.9. The monoisotopic (exact) mass is 438 g/mol. The number of sulfonamides is 1. The molecule has 0 amide bonds. The van der Waals surface area contributed by atoms with E-state index in [0.717, 1.165) is 35.7 Å². The number of nitrogens with one attached hydrogen (secondary N) is 1. The Bertz CT molecular complexity index is 626. The molecular formula is C14H20Br2N2O2S. The van der Waals surface area contributed by atoms with Gasteiger partial charge < -0.3 is 5.73 Å². The first-order chi connectivity index (χ1) is 9.73. The van der Waals surface area contributed by atoms with Crippen molar-refractivity contribution >= 4 is 41.9 Å². The molecule has 1 aliphatic carbocycles. The number of hydrogen-bond acceptors (Lipinski definition) is 3. The summed E-state index contributed by atoms with van der Waals surface area (Å²) >= 11 is 6.70. The Balaban J connectivity index is 2.17. The van der Waals surface area contributed by atoms with E-state index in [1.54, 1.807) is 12.1 Å². The average Bonchev–Trinajstić information content (AvgIpc) is 2.42. The van der Waals surface area contributed by atoms with Crippen molar-refractivity contribution in [2.24, 2.45) is 5.73 Å². The molecule has 0 unspecified atom stereocenters. The Labute approximate surface area is 143 Å². The third-order valence-electron chi connectivity index (χ3n) is 3.97. The van der Waals surface area contributed by atoms with Gasteiger partial charge in [0.1, 0.15) is 0 Å². The van der Waals surface area contributed by atoms with Crippen LogP contribution in [0.1, 0.15) is 37.7 Å². The zero-order chi connectivity index (χ0) is 15.7. The van der Waals surface area contributed by atoms with Crippen molar-refractivity contribution in [2.45, 2.75) is 49.5 Å². The molecule has 1 aromatic carbocycles. The number of rotatable bonds is 4. The van der Waals surface area contributed by atoms with E-state index >= 15 is 0 Å². The van der Waals surface area contributed by atoms with Gasteiger partial charge in [-0.2, -0.15) is 0 Å². The van der Waals surface area contributed by atoms with Crippen LogP contribution in [0, 0.1) is 6.92 Å². The minimum absolute atomic E-state index is 0.236. The van der Waals surface area contributed by atoms with Gasteiger partial charge in [-0.3, -0.25) is 0 Å². The van der Waals surface area contributed by atoms with Crippen LogP contribution in [0.4, 0.5) is 0 Å². The summed E-state index contributed by atoms with van der Waals surface area (Å²) < 4.78 is 29.0. The predicted molar refractivity (Wildman–Crippen MR) is 91.8 cm³/mol. The highest BCUT2D eigenvalue weighted by Crippen LogP contribution is 2.30. The van der Waals surface area contributed by atoms with Crippen molar-refractivity contribution in [1.82, 2.24) is 4.72 Å². The van der Waals surface area contributed by atoms with E-state index in [1.807, 2.05) is 6.92 Å². The van der Waals surface area contributed by atoms with E-state index in [4.69, 9.17) is 5.73 Å². The second-order valence-corrected chi connectivity index (χ2v) is 9.22. The zero-order valence-corrected chi connectivity index (χ0v) is 15.9. The van der Waals surface area contributed by atoms with Gasteiger partial charge in [0.15, 0.2) is 0 Å². The van der Waals surface area contributed by atoms with Crippen LogP contribution in [0.2, 0.25) is 0 Å². The van der Waals surface area contributed by atoms with Gasteiger partial charge in [0.2, 0.25) is 10.0 Å². The SMILES string of the molecule is Cc1cc(Br)c(S(=O)(=O)NCC2(N)CCCCC2)cc1Br. The number of benzene rings is 1. The molecule has 1 aliphatic rings. The maximum absolute atomic E-state index is 12.5. The fourth-order valence-corrected chi connectivity index (χ4v) is 5.40. The summed E-state index contributed by atoms with van der Waals surface area (Å²) in [5, 5.41) is 0. The summed E-state index contributed by atoms with van der Waals surface area (Å²) in [5.74, 6) is 0. The average molecular weight is 440 g/mol. The van der Waals surface area contributed by atoms with Crippen molar-refractivity contribution in [3.8, 4) is 0 Å². The minimum Gasteiger partial charge on any atom is -0.324 e. The summed E-state index contributed by atoms with van der Waals surface area (Å²) in [6.45, 7) is 2.20. The molecule has 0 radical (unpaired) electrons. The number of nitrogens with two attached hydrogens (primary N) is 1. The molecule has 0 bridgehead atoms. The Morgan fingerprint density at radius 2 is 1.81 bits per heavy atom. The van der Waals surface area contributed by atoms with Crippen LogP contribution in [0.25, 0.3) is 0 Å². The Kier molecular flexibility index (Phi) is 5.52. The smallest absolute Gasteiger partial charge is 0.241 e. The molecule has 21 heavy (non-hydrogen) atoms. The molecule has 1 aromatic rings. The van der Waals surface area contributed by atoms with Gasteiger partial charge in [-0.25, -0.2) is 13.1 Å².